The van der Waals surface area contributed by atoms with Crippen molar-refractivity contribution in [2.24, 2.45) is 5.84 Å². The van der Waals surface area contributed by atoms with Gasteiger partial charge in [0.2, 0.25) is 0 Å². The molecule has 0 spiro atoms. The number of aromatic nitrogens is 2. The number of rotatable bonds is 4. The molecule has 2 aromatic rings. The fraction of sp³-hybridized carbons (Fsp3) is 0.231. The maximum atomic E-state index is 13.1. The Kier molecular flexibility index (Phi) is 4.01. The number of nitrogens with one attached hydrogen (secondary N) is 1. The normalized spacial score (nSPS) is 10.5. The molecule has 0 saturated heterocycles. The molecule has 0 saturated carbocycles. The summed E-state index contributed by atoms with van der Waals surface area (Å²) in [6.07, 6.45) is 0.971. The van der Waals surface area contributed by atoms with Crippen molar-refractivity contribution in [2.45, 2.75) is 19.8 Å². The van der Waals surface area contributed by atoms with Crippen LogP contribution in [0.4, 0.5) is 14.6 Å². The van der Waals surface area contributed by atoms with Crippen LogP contribution in [-0.2, 0) is 12.8 Å². The van der Waals surface area contributed by atoms with E-state index in [0.717, 1.165) is 18.2 Å². The van der Waals surface area contributed by atoms with Crippen LogP contribution < -0.4 is 11.3 Å². The van der Waals surface area contributed by atoms with Gasteiger partial charge in [0, 0.05) is 24.2 Å². The Morgan fingerprint density at radius 2 is 1.79 bits per heavy atom. The topological polar surface area (TPSA) is 63.8 Å². The standard InChI is InChI=1S/C13H14F2N4/c1-2-11-7-13(19-16)18-12(17-11)5-8-3-9(14)6-10(15)4-8/h3-4,6-7H,2,5,16H2,1H3,(H,17,18,19). The van der Waals surface area contributed by atoms with E-state index in [2.05, 4.69) is 15.4 Å². The van der Waals surface area contributed by atoms with E-state index in [1.54, 1.807) is 6.07 Å². The fourth-order valence-corrected chi connectivity index (χ4v) is 1.78. The Hall–Kier alpha value is -2.08. The van der Waals surface area contributed by atoms with E-state index in [1.165, 1.54) is 12.1 Å². The molecule has 6 heteroatoms. The molecule has 2 rings (SSSR count). The SMILES string of the molecule is CCc1cc(NN)nc(Cc2cc(F)cc(F)c2)n1. The Balaban J connectivity index is 2.31. The summed E-state index contributed by atoms with van der Waals surface area (Å²) in [5.41, 5.74) is 3.75. The monoisotopic (exact) mass is 264 g/mol. The highest BCUT2D eigenvalue weighted by Gasteiger charge is 2.07. The highest BCUT2D eigenvalue weighted by atomic mass is 19.1. The predicted molar refractivity (Wildman–Crippen MR) is 68.4 cm³/mol. The molecule has 0 bridgehead atoms. The minimum Gasteiger partial charge on any atom is -0.308 e. The van der Waals surface area contributed by atoms with Gasteiger partial charge in [0.05, 0.1) is 0 Å². The first-order chi connectivity index (χ1) is 9.10. The molecule has 0 fully saturated rings. The van der Waals surface area contributed by atoms with E-state index in [1.807, 2.05) is 6.92 Å². The Morgan fingerprint density at radius 1 is 1.11 bits per heavy atom. The smallest absolute Gasteiger partial charge is 0.143 e. The third-order valence-corrected chi connectivity index (χ3v) is 2.62. The number of anilines is 1. The zero-order chi connectivity index (χ0) is 13.8. The van der Waals surface area contributed by atoms with Gasteiger partial charge in [-0.15, -0.1) is 0 Å². The van der Waals surface area contributed by atoms with Crippen LogP contribution in [-0.4, -0.2) is 9.97 Å². The highest BCUT2D eigenvalue weighted by Crippen LogP contribution is 2.13. The van der Waals surface area contributed by atoms with Crippen molar-refractivity contribution in [1.82, 2.24) is 9.97 Å². The van der Waals surface area contributed by atoms with Crippen LogP contribution in [0.25, 0.3) is 0 Å². The molecule has 1 heterocycles. The van der Waals surface area contributed by atoms with Gasteiger partial charge in [-0.3, -0.25) is 0 Å². The maximum absolute atomic E-state index is 13.1. The summed E-state index contributed by atoms with van der Waals surface area (Å²) in [5, 5.41) is 0. The lowest BCUT2D eigenvalue weighted by molar-refractivity contribution is 0.580. The number of nitrogens with two attached hydrogens (primary N) is 1. The molecule has 0 aliphatic carbocycles. The van der Waals surface area contributed by atoms with Gasteiger partial charge in [-0.2, -0.15) is 0 Å². The molecule has 0 amide bonds. The van der Waals surface area contributed by atoms with Crippen LogP contribution in [0.3, 0.4) is 0 Å². The molecule has 0 aliphatic rings. The van der Waals surface area contributed by atoms with Gasteiger partial charge in [0.25, 0.3) is 0 Å². The second kappa shape index (κ2) is 5.71. The largest absolute Gasteiger partial charge is 0.308 e. The summed E-state index contributed by atoms with van der Waals surface area (Å²) in [4.78, 5) is 8.47. The second-order valence-corrected chi connectivity index (χ2v) is 4.11. The van der Waals surface area contributed by atoms with Crippen LogP contribution in [0.2, 0.25) is 0 Å². The van der Waals surface area contributed by atoms with Crippen molar-refractivity contribution in [3.8, 4) is 0 Å². The zero-order valence-electron chi connectivity index (χ0n) is 10.5. The molecule has 3 N–H and O–H groups in total. The third-order valence-electron chi connectivity index (χ3n) is 2.62. The van der Waals surface area contributed by atoms with E-state index in [4.69, 9.17) is 5.84 Å². The minimum absolute atomic E-state index is 0.247. The number of hydrazine groups is 1. The summed E-state index contributed by atoms with van der Waals surface area (Å²) in [6.45, 7) is 1.95. The molecule has 19 heavy (non-hydrogen) atoms. The van der Waals surface area contributed by atoms with Gasteiger partial charge in [-0.25, -0.2) is 24.6 Å². The zero-order valence-corrected chi connectivity index (χ0v) is 10.5. The van der Waals surface area contributed by atoms with Crippen molar-refractivity contribution in [3.63, 3.8) is 0 Å². The average molecular weight is 264 g/mol. The van der Waals surface area contributed by atoms with Crippen molar-refractivity contribution in [1.29, 1.82) is 0 Å². The number of benzene rings is 1. The predicted octanol–water partition coefficient (Wildman–Crippen LogP) is 2.19. The van der Waals surface area contributed by atoms with Crippen molar-refractivity contribution in [2.75, 3.05) is 5.43 Å². The third kappa shape index (κ3) is 3.45. The lowest BCUT2D eigenvalue weighted by Gasteiger charge is -2.07. The number of nitrogen functional groups attached to an aromatic ring is 1. The Morgan fingerprint density at radius 3 is 2.37 bits per heavy atom. The van der Waals surface area contributed by atoms with Gasteiger partial charge in [0.1, 0.15) is 23.3 Å². The van der Waals surface area contributed by atoms with E-state index < -0.39 is 11.6 Å². The summed E-state index contributed by atoms with van der Waals surface area (Å²) < 4.78 is 26.2. The van der Waals surface area contributed by atoms with Gasteiger partial charge >= 0.3 is 0 Å². The van der Waals surface area contributed by atoms with Gasteiger partial charge < -0.3 is 5.43 Å². The van der Waals surface area contributed by atoms with E-state index in [-0.39, 0.29) is 6.42 Å². The molecular formula is C13H14F2N4. The van der Waals surface area contributed by atoms with E-state index in [0.29, 0.717) is 17.2 Å². The number of nitrogens with zero attached hydrogens (tertiary/aromatic N) is 2. The van der Waals surface area contributed by atoms with Crippen LogP contribution in [0.15, 0.2) is 24.3 Å². The van der Waals surface area contributed by atoms with E-state index in [9.17, 15) is 8.78 Å². The number of aryl methyl sites for hydroxylation is 1. The first-order valence-corrected chi connectivity index (χ1v) is 5.89. The molecular weight excluding hydrogens is 250 g/mol. The molecule has 0 atom stereocenters. The molecule has 0 radical (unpaired) electrons. The fourth-order valence-electron chi connectivity index (χ4n) is 1.78. The van der Waals surface area contributed by atoms with Gasteiger partial charge in [-0.1, -0.05) is 6.92 Å². The number of hydrogen-bond acceptors (Lipinski definition) is 4. The lowest BCUT2D eigenvalue weighted by Crippen LogP contribution is -2.12. The van der Waals surface area contributed by atoms with E-state index >= 15 is 0 Å². The molecule has 4 nitrogen and oxygen atoms in total. The maximum Gasteiger partial charge on any atom is 0.143 e. The molecule has 100 valence electrons. The van der Waals surface area contributed by atoms with Crippen LogP contribution >= 0.6 is 0 Å². The summed E-state index contributed by atoms with van der Waals surface area (Å²) >= 11 is 0. The summed E-state index contributed by atoms with van der Waals surface area (Å²) in [7, 11) is 0. The van der Waals surface area contributed by atoms with Crippen LogP contribution in [0.5, 0.6) is 0 Å². The second-order valence-electron chi connectivity index (χ2n) is 4.11. The number of halogens is 2. The lowest BCUT2D eigenvalue weighted by atomic mass is 10.1. The number of hydrogen-bond donors (Lipinski definition) is 2. The van der Waals surface area contributed by atoms with Crippen molar-refractivity contribution in [3.05, 3.63) is 53.0 Å². The van der Waals surface area contributed by atoms with Crippen LogP contribution in [0, 0.1) is 11.6 Å². The average Bonchev–Trinajstić information content (AvgIpc) is 2.37. The van der Waals surface area contributed by atoms with Gasteiger partial charge in [-0.05, 0) is 24.1 Å². The summed E-state index contributed by atoms with van der Waals surface area (Å²) in [6, 6.07) is 5.09. The first-order valence-electron chi connectivity index (χ1n) is 5.89. The van der Waals surface area contributed by atoms with Gasteiger partial charge in [0.15, 0.2) is 0 Å². The molecule has 1 aromatic carbocycles. The van der Waals surface area contributed by atoms with Crippen molar-refractivity contribution >= 4 is 5.82 Å². The van der Waals surface area contributed by atoms with Crippen LogP contribution in [0.1, 0.15) is 24.0 Å². The minimum atomic E-state index is -0.612. The highest BCUT2D eigenvalue weighted by molar-refractivity contribution is 5.35. The van der Waals surface area contributed by atoms with Crippen molar-refractivity contribution < 1.29 is 8.78 Å². The Bertz CT molecular complexity index is 544. The molecule has 1 aromatic heterocycles. The Labute approximate surface area is 109 Å². The molecule has 0 unspecified atom stereocenters. The quantitative estimate of drug-likeness (QED) is 0.656. The first kappa shape index (κ1) is 13.4. The summed E-state index contributed by atoms with van der Waals surface area (Å²) in [5.74, 6) is 5.05. The molecule has 0 aliphatic heterocycles.